The van der Waals surface area contributed by atoms with E-state index in [2.05, 4.69) is 34.0 Å². The number of nitrogens with one attached hydrogen (secondary N) is 1. The monoisotopic (exact) mass is 312 g/mol. The third-order valence-electron chi connectivity index (χ3n) is 3.53. The molecule has 0 aliphatic carbocycles. The molecule has 0 unspecified atom stereocenters. The second kappa shape index (κ2) is 8.27. The van der Waals surface area contributed by atoms with E-state index in [-0.39, 0.29) is 5.78 Å². The second-order valence-electron chi connectivity index (χ2n) is 5.51. The van der Waals surface area contributed by atoms with Crippen molar-refractivity contribution in [3.8, 4) is 0 Å². The third-order valence-corrected chi connectivity index (χ3v) is 3.53. The molecule has 1 heterocycles. The first-order valence-corrected chi connectivity index (χ1v) is 8.09. The van der Waals surface area contributed by atoms with Crippen LogP contribution in [-0.4, -0.2) is 28.8 Å². The molecule has 0 radical (unpaired) electrons. The first kappa shape index (κ1) is 16.9. The zero-order valence-electron chi connectivity index (χ0n) is 14.0. The fourth-order valence-corrected chi connectivity index (χ4v) is 2.41. The number of hydrogen-bond donors (Lipinski definition) is 1. The highest BCUT2D eigenvalue weighted by Crippen LogP contribution is 2.19. The highest BCUT2D eigenvalue weighted by atomic mass is 16.1. The van der Waals surface area contributed by atoms with Crippen LogP contribution in [0.15, 0.2) is 36.7 Å². The largest absolute Gasteiger partial charge is 0.356 e. The first-order valence-electron chi connectivity index (χ1n) is 8.09. The Kier molecular flexibility index (Phi) is 6.09. The van der Waals surface area contributed by atoms with Gasteiger partial charge in [0, 0.05) is 30.4 Å². The average molecular weight is 312 g/mol. The van der Waals surface area contributed by atoms with E-state index < -0.39 is 0 Å². The highest BCUT2D eigenvalue weighted by molar-refractivity contribution is 5.94. The first-order chi connectivity index (χ1) is 11.1. The van der Waals surface area contributed by atoms with Gasteiger partial charge in [0.2, 0.25) is 0 Å². The molecule has 1 aromatic heterocycles. The summed E-state index contributed by atoms with van der Waals surface area (Å²) in [5.41, 5.74) is 1.60. The molecule has 2 rings (SSSR count). The zero-order valence-corrected chi connectivity index (χ0v) is 14.0. The molecule has 0 amide bonds. The second-order valence-corrected chi connectivity index (χ2v) is 5.51. The summed E-state index contributed by atoms with van der Waals surface area (Å²) in [4.78, 5) is 22.2. The van der Waals surface area contributed by atoms with E-state index in [9.17, 15) is 4.79 Å². The van der Waals surface area contributed by atoms with Crippen LogP contribution in [0, 0.1) is 0 Å². The minimum absolute atomic E-state index is 0.0654. The van der Waals surface area contributed by atoms with Gasteiger partial charge < -0.3 is 10.2 Å². The third kappa shape index (κ3) is 4.77. The number of anilines is 3. The van der Waals surface area contributed by atoms with Crippen molar-refractivity contribution in [3.05, 3.63) is 42.2 Å². The van der Waals surface area contributed by atoms with E-state index in [1.54, 1.807) is 13.3 Å². The Balaban J connectivity index is 2.14. The van der Waals surface area contributed by atoms with Crippen LogP contribution >= 0.6 is 0 Å². The molecule has 0 atom stereocenters. The predicted molar refractivity (Wildman–Crippen MR) is 94.6 cm³/mol. The predicted octanol–water partition coefficient (Wildman–Crippen LogP) is 4.05. The molecule has 0 spiro atoms. The summed E-state index contributed by atoms with van der Waals surface area (Å²) in [7, 11) is 0. The molecule has 5 heteroatoms. The van der Waals surface area contributed by atoms with Crippen molar-refractivity contribution in [2.24, 2.45) is 0 Å². The number of carbonyl (C=O) groups excluding carboxylic acids is 1. The molecule has 5 nitrogen and oxygen atoms in total. The molecule has 2 aromatic rings. The van der Waals surface area contributed by atoms with Gasteiger partial charge >= 0.3 is 0 Å². The van der Waals surface area contributed by atoms with Crippen molar-refractivity contribution in [2.75, 3.05) is 23.3 Å². The van der Waals surface area contributed by atoms with Crippen molar-refractivity contribution in [1.29, 1.82) is 0 Å². The summed E-state index contributed by atoms with van der Waals surface area (Å²) in [6, 6.07) is 9.35. The molecule has 0 bridgehead atoms. The van der Waals surface area contributed by atoms with E-state index in [0.717, 1.165) is 43.3 Å². The number of benzene rings is 1. The molecular weight excluding hydrogens is 288 g/mol. The topological polar surface area (TPSA) is 58.1 Å². The standard InChI is InChI=1S/C18H24N4O/c1-4-10-22(11-5-2)18-12-17(19-13-20-18)21-16-8-6-15(7-9-16)14(3)23/h6-9,12-13H,4-5,10-11H2,1-3H3,(H,19,20,21). The highest BCUT2D eigenvalue weighted by Gasteiger charge is 2.08. The minimum atomic E-state index is 0.0654. The molecule has 0 aliphatic rings. The van der Waals surface area contributed by atoms with Gasteiger partial charge in [-0.3, -0.25) is 4.79 Å². The molecule has 122 valence electrons. The lowest BCUT2D eigenvalue weighted by atomic mass is 10.1. The van der Waals surface area contributed by atoms with Crippen LogP contribution in [0.5, 0.6) is 0 Å². The van der Waals surface area contributed by atoms with Crippen LogP contribution in [0.25, 0.3) is 0 Å². The van der Waals surface area contributed by atoms with Gasteiger partial charge in [-0.25, -0.2) is 9.97 Å². The lowest BCUT2D eigenvalue weighted by molar-refractivity contribution is 0.101. The van der Waals surface area contributed by atoms with Crippen LogP contribution in [0.1, 0.15) is 44.0 Å². The maximum Gasteiger partial charge on any atom is 0.159 e. The zero-order chi connectivity index (χ0) is 16.7. The van der Waals surface area contributed by atoms with Gasteiger partial charge in [0.1, 0.15) is 18.0 Å². The summed E-state index contributed by atoms with van der Waals surface area (Å²) < 4.78 is 0. The summed E-state index contributed by atoms with van der Waals surface area (Å²) >= 11 is 0. The Morgan fingerprint density at radius 3 is 2.30 bits per heavy atom. The lowest BCUT2D eigenvalue weighted by Crippen LogP contribution is -2.25. The molecular formula is C18H24N4O. The molecule has 0 saturated carbocycles. The molecule has 1 N–H and O–H groups in total. The van der Waals surface area contributed by atoms with Crippen LogP contribution in [0.4, 0.5) is 17.3 Å². The molecule has 0 saturated heterocycles. The summed E-state index contributed by atoms with van der Waals surface area (Å²) in [5.74, 6) is 1.75. The van der Waals surface area contributed by atoms with E-state index >= 15 is 0 Å². The van der Waals surface area contributed by atoms with Gasteiger partial charge in [0.15, 0.2) is 5.78 Å². The summed E-state index contributed by atoms with van der Waals surface area (Å²) in [6.45, 7) is 7.86. The summed E-state index contributed by atoms with van der Waals surface area (Å²) in [6.07, 6.45) is 3.75. The molecule has 1 aromatic carbocycles. The Morgan fingerprint density at radius 1 is 1.09 bits per heavy atom. The van der Waals surface area contributed by atoms with Gasteiger partial charge in [-0.2, -0.15) is 0 Å². The van der Waals surface area contributed by atoms with E-state index in [0.29, 0.717) is 5.56 Å². The van der Waals surface area contributed by atoms with Crippen LogP contribution < -0.4 is 10.2 Å². The lowest BCUT2D eigenvalue weighted by Gasteiger charge is -2.22. The smallest absolute Gasteiger partial charge is 0.159 e. The summed E-state index contributed by atoms with van der Waals surface area (Å²) in [5, 5.41) is 3.26. The van der Waals surface area contributed by atoms with Crippen LogP contribution in [-0.2, 0) is 0 Å². The Hall–Kier alpha value is -2.43. The normalized spacial score (nSPS) is 10.4. The fraction of sp³-hybridized carbons (Fsp3) is 0.389. The quantitative estimate of drug-likeness (QED) is 0.745. The number of carbonyl (C=O) groups is 1. The van der Waals surface area contributed by atoms with Gasteiger partial charge in [-0.15, -0.1) is 0 Å². The van der Waals surface area contributed by atoms with Crippen molar-refractivity contribution >= 4 is 23.1 Å². The average Bonchev–Trinajstić information content (AvgIpc) is 2.55. The Bertz CT molecular complexity index is 634. The number of rotatable bonds is 8. The fourth-order valence-electron chi connectivity index (χ4n) is 2.41. The number of aromatic nitrogens is 2. The van der Waals surface area contributed by atoms with E-state index in [1.807, 2.05) is 30.3 Å². The van der Waals surface area contributed by atoms with Gasteiger partial charge in [-0.05, 0) is 44.0 Å². The molecule has 0 aliphatic heterocycles. The van der Waals surface area contributed by atoms with Crippen LogP contribution in [0.3, 0.4) is 0 Å². The van der Waals surface area contributed by atoms with Crippen LogP contribution in [0.2, 0.25) is 0 Å². The van der Waals surface area contributed by atoms with E-state index in [4.69, 9.17) is 0 Å². The molecule has 0 fully saturated rings. The number of nitrogens with zero attached hydrogens (tertiary/aromatic N) is 3. The minimum Gasteiger partial charge on any atom is -0.356 e. The maximum atomic E-state index is 11.3. The Labute approximate surface area is 137 Å². The SMILES string of the molecule is CCCN(CCC)c1cc(Nc2ccc(C(C)=O)cc2)ncn1. The van der Waals surface area contributed by atoms with Crippen molar-refractivity contribution in [3.63, 3.8) is 0 Å². The Morgan fingerprint density at radius 2 is 1.74 bits per heavy atom. The van der Waals surface area contributed by atoms with Crippen molar-refractivity contribution in [2.45, 2.75) is 33.6 Å². The van der Waals surface area contributed by atoms with Gasteiger partial charge in [-0.1, -0.05) is 13.8 Å². The van der Waals surface area contributed by atoms with E-state index in [1.165, 1.54) is 0 Å². The van der Waals surface area contributed by atoms with Crippen molar-refractivity contribution in [1.82, 2.24) is 9.97 Å². The maximum absolute atomic E-state index is 11.3. The molecule has 23 heavy (non-hydrogen) atoms. The number of ketones is 1. The number of hydrogen-bond acceptors (Lipinski definition) is 5. The van der Waals surface area contributed by atoms with Gasteiger partial charge in [0.25, 0.3) is 0 Å². The van der Waals surface area contributed by atoms with Crippen molar-refractivity contribution < 1.29 is 4.79 Å². The number of Topliss-reactive ketones (excluding diaryl/α,β-unsaturated/α-hetero) is 1. The van der Waals surface area contributed by atoms with Gasteiger partial charge in [0.05, 0.1) is 0 Å².